The van der Waals surface area contributed by atoms with E-state index in [0.29, 0.717) is 12.8 Å². The highest BCUT2D eigenvalue weighted by molar-refractivity contribution is 5.76. The molecule has 0 spiro atoms. The number of rotatable bonds is 7. The summed E-state index contributed by atoms with van der Waals surface area (Å²) in [5.41, 5.74) is -0.961. The van der Waals surface area contributed by atoms with Gasteiger partial charge >= 0.3 is 11.9 Å². The Labute approximate surface area is 115 Å². The van der Waals surface area contributed by atoms with Crippen LogP contribution in [0.2, 0.25) is 0 Å². The Kier molecular flexibility index (Phi) is 6.27. The van der Waals surface area contributed by atoms with Gasteiger partial charge in [0, 0.05) is 0 Å². The van der Waals surface area contributed by atoms with Crippen LogP contribution in [-0.2, 0) is 14.3 Å². The van der Waals surface area contributed by atoms with Crippen molar-refractivity contribution < 1.29 is 19.4 Å². The van der Waals surface area contributed by atoms with Gasteiger partial charge in [0.25, 0.3) is 0 Å². The molecule has 1 N–H and O–H groups in total. The fourth-order valence-corrected chi connectivity index (χ4v) is 1.84. The van der Waals surface area contributed by atoms with Crippen LogP contribution in [0.1, 0.15) is 47.5 Å². The van der Waals surface area contributed by atoms with Gasteiger partial charge in [0.15, 0.2) is 0 Å². The van der Waals surface area contributed by atoms with Gasteiger partial charge in [0.2, 0.25) is 0 Å². The Hall–Kier alpha value is -1.32. The van der Waals surface area contributed by atoms with E-state index in [9.17, 15) is 9.59 Å². The number of aliphatic carboxylic acids is 1. The van der Waals surface area contributed by atoms with Crippen molar-refractivity contribution in [2.75, 3.05) is 6.61 Å². The zero-order valence-corrected chi connectivity index (χ0v) is 12.7. The van der Waals surface area contributed by atoms with E-state index in [-0.39, 0.29) is 18.0 Å². The zero-order chi connectivity index (χ0) is 15.3. The van der Waals surface area contributed by atoms with Gasteiger partial charge in [-0.1, -0.05) is 26.8 Å². The highest BCUT2D eigenvalue weighted by Crippen LogP contribution is 2.29. The zero-order valence-electron chi connectivity index (χ0n) is 12.7. The highest BCUT2D eigenvalue weighted by Gasteiger charge is 2.32. The summed E-state index contributed by atoms with van der Waals surface area (Å²) in [6, 6.07) is 0. The second kappa shape index (κ2) is 6.73. The first-order valence-electron chi connectivity index (χ1n) is 6.53. The van der Waals surface area contributed by atoms with Crippen LogP contribution in [0.3, 0.4) is 0 Å². The lowest BCUT2D eigenvalue weighted by atomic mass is 9.79. The maximum Gasteiger partial charge on any atom is 0.311 e. The summed E-state index contributed by atoms with van der Waals surface area (Å²) >= 11 is 0. The molecule has 0 radical (unpaired) electrons. The third kappa shape index (κ3) is 5.90. The summed E-state index contributed by atoms with van der Waals surface area (Å²) in [7, 11) is 0. The molecular formula is C15H26O4. The molecule has 0 rings (SSSR count). The SMILES string of the molecule is C=CCC(C)(C)C(=O)OCC[C@H](C(=O)O)C(C)(C)C. The molecule has 110 valence electrons. The first-order chi connectivity index (χ1) is 8.52. The average Bonchev–Trinajstić information content (AvgIpc) is 2.21. The first kappa shape index (κ1) is 17.7. The molecule has 4 heteroatoms. The largest absolute Gasteiger partial charge is 0.481 e. The van der Waals surface area contributed by atoms with Crippen LogP contribution >= 0.6 is 0 Å². The molecule has 1 atom stereocenters. The monoisotopic (exact) mass is 270 g/mol. The minimum absolute atomic E-state index is 0.133. The van der Waals surface area contributed by atoms with Crippen LogP contribution in [0.25, 0.3) is 0 Å². The van der Waals surface area contributed by atoms with Crippen molar-refractivity contribution in [3.8, 4) is 0 Å². The predicted octanol–water partition coefficient (Wildman–Crippen LogP) is 3.27. The second-order valence-corrected chi connectivity index (χ2v) is 6.56. The van der Waals surface area contributed by atoms with Crippen molar-refractivity contribution in [1.29, 1.82) is 0 Å². The summed E-state index contributed by atoms with van der Waals surface area (Å²) in [4.78, 5) is 23.0. The molecule has 0 saturated carbocycles. The van der Waals surface area contributed by atoms with Crippen LogP contribution in [0.5, 0.6) is 0 Å². The molecule has 0 aliphatic heterocycles. The van der Waals surface area contributed by atoms with Crippen LogP contribution in [0.15, 0.2) is 12.7 Å². The molecule has 0 unspecified atom stereocenters. The first-order valence-corrected chi connectivity index (χ1v) is 6.53. The molecule has 0 aromatic carbocycles. The molecule has 0 amide bonds. The number of carbonyl (C=O) groups excluding carboxylic acids is 1. The number of carbonyl (C=O) groups is 2. The topological polar surface area (TPSA) is 63.6 Å². The van der Waals surface area contributed by atoms with Gasteiger partial charge in [-0.3, -0.25) is 9.59 Å². The summed E-state index contributed by atoms with van der Waals surface area (Å²) in [6.07, 6.45) is 2.54. The summed E-state index contributed by atoms with van der Waals surface area (Å²) in [5, 5.41) is 9.16. The van der Waals surface area contributed by atoms with Gasteiger partial charge < -0.3 is 9.84 Å². The van der Waals surface area contributed by atoms with Gasteiger partial charge in [-0.2, -0.15) is 0 Å². The van der Waals surface area contributed by atoms with Crippen molar-refractivity contribution >= 4 is 11.9 Å². The van der Waals surface area contributed by atoms with E-state index in [4.69, 9.17) is 9.84 Å². The third-order valence-electron chi connectivity index (χ3n) is 3.19. The number of hydrogen-bond donors (Lipinski definition) is 1. The maximum atomic E-state index is 11.8. The lowest BCUT2D eigenvalue weighted by Crippen LogP contribution is -2.31. The van der Waals surface area contributed by atoms with E-state index >= 15 is 0 Å². The Bertz CT molecular complexity index is 337. The van der Waals surface area contributed by atoms with Gasteiger partial charge in [-0.05, 0) is 32.1 Å². The van der Waals surface area contributed by atoms with E-state index in [1.165, 1.54) is 0 Å². The van der Waals surface area contributed by atoms with Crippen LogP contribution in [-0.4, -0.2) is 23.7 Å². The molecule has 0 bridgehead atoms. The molecular weight excluding hydrogens is 244 g/mol. The van der Waals surface area contributed by atoms with Crippen molar-refractivity contribution in [1.82, 2.24) is 0 Å². The molecule has 0 heterocycles. The minimum Gasteiger partial charge on any atom is -0.481 e. The normalized spacial score (nSPS) is 13.7. The molecule has 0 saturated heterocycles. The van der Waals surface area contributed by atoms with Crippen molar-refractivity contribution in [3.05, 3.63) is 12.7 Å². The maximum absolute atomic E-state index is 11.8. The fraction of sp³-hybridized carbons (Fsp3) is 0.733. The fourth-order valence-electron chi connectivity index (χ4n) is 1.84. The number of allylic oxidation sites excluding steroid dienone is 1. The lowest BCUT2D eigenvalue weighted by Gasteiger charge is -2.27. The Morgan fingerprint density at radius 3 is 2.16 bits per heavy atom. The van der Waals surface area contributed by atoms with E-state index in [1.807, 2.05) is 20.8 Å². The van der Waals surface area contributed by atoms with Crippen molar-refractivity contribution in [3.63, 3.8) is 0 Å². The van der Waals surface area contributed by atoms with E-state index < -0.39 is 17.3 Å². The lowest BCUT2D eigenvalue weighted by molar-refractivity contribution is -0.157. The molecule has 0 aliphatic carbocycles. The number of ether oxygens (including phenoxy) is 1. The quantitative estimate of drug-likeness (QED) is 0.569. The molecule has 4 nitrogen and oxygen atoms in total. The van der Waals surface area contributed by atoms with E-state index in [1.54, 1.807) is 19.9 Å². The van der Waals surface area contributed by atoms with Crippen LogP contribution < -0.4 is 0 Å². The Balaban J connectivity index is 4.39. The standard InChI is InChI=1S/C15H26O4/c1-7-9-15(5,6)13(18)19-10-8-11(12(16)17)14(2,3)4/h7,11H,1,8-10H2,2-6H3,(H,16,17)/t11-/m1/s1. The summed E-state index contributed by atoms with van der Waals surface area (Å²) < 4.78 is 5.19. The Morgan fingerprint density at radius 1 is 1.26 bits per heavy atom. The number of carboxylic acids is 1. The summed E-state index contributed by atoms with van der Waals surface area (Å²) in [5.74, 6) is -1.69. The van der Waals surface area contributed by atoms with E-state index in [0.717, 1.165) is 0 Å². The third-order valence-corrected chi connectivity index (χ3v) is 3.19. The average molecular weight is 270 g/mol. The number of carboxylic acid groups (broad SMARTS) is 1. The van der Waals surface area contributed by atoms with Gasteiger partial charge in [-0.25, -0.2) is 0 Å². The van der Waals surface area contributed by atoms with Crippen LogP contribution in [0.4, 0.5) is 0 Å². The minimum atomic E-state index is -0.853. The smallest absolute Gasteiger partial charge is 0.311 e. The van der Waals surface area contributed by atoms with Gasteiger partial charge in [0.05, 0.1) is 17.9 Å². The molecule has 0 aromatic heterocycles. The number of hydrogen-bond acceptors (Lipinski definition) is 3. The predicted molar refractivity (Wildman–Crippen MR) is 74.8 cm³/mol. The van der Waals surface area contributed by atoms with Crippen LogP contribution in [0, 0.1) is 16.7 Å². The molecule has 19 heavy (non-hydrogen) atoms. The summed E-state index contributed by atoms with van der Waals surface area (Å²) in [6.45, 7) is 12.9. The molecule has 0 fully saturated rings. The van der Waals surface area contributed by atoms with Gasteiger partial charge in [0.1, 0.15) is 0 Å². The molecule has 0 aliphatic rings. The van der Waals surface area contributed by atoms with Crippen molar-refractivity contribution in [2.24, 2.45) is 16.7 Å². The van der Waals surface area contributed by atoms with Gasteiger partial charge in [-0.15, -0.1) is 6.58 Å². The van der Waals surface area contributed by atoms with E-state index in [2.05, 4.69) is 6.58 Å². The van der Waals surface area contributed by atoms with Crippen molar-refractivity contribution in [2.45, 2.75) is 47.5 Å². The Morgan fingerprint density at radius 2 is 1.79 bits per heavy atom. The highest BCUT2D eigenvalue weighted by atomic mass is 16.5. The molecule has 0 aromatic rings. The number of esters is 1. The second-order valence-electron chi connectivity index (χ2n) is 6.56.